The van der Waals surface area contributed by atoms with E-state index in [9.17, 15) is 34.8 Å². The lowest BCUT2D eigenvalue weighted by Gasteiger charge is -2.23. The molecule has 3 aromatic carbocycles. The lowest BCUT2D eigenvalue weighted by Crippen LogP contribution is -2.37. The summed E-state index contributed by atoms with van der Waals surface area (Å²) < 4.78 is 92.0. The minimum Gasteiger partial charge on any atom is -0.325 e. The van der Waals surface area contributed by atoms with Crippen LogP contribution < -0.4 is 14.3 Å². The number of benzene rings is 3. The predicted octanol–water partition coefficient (Wildman–Crippen LogP) is 6.52. The van der Waals surface area contributed by atoms with Gasteiger partial charge in [-0.05, 0) is 54.6 Å². The van der Waals surface area contributed by atoms with Crippen molar-refractivity contribution in [1.29, 1.82) is 0 Å². The average Bonchev–Trinajstić information content (AvgIpc) is 2.80. The Labute approximate surface area is 241 Å². The highest BCUT2D eigenvalue weighted by Crippen LogP contribution is 2.37. The van der Waals surface area contributed by atoms with Crippen molar-refractivity contribution in [1.82, 2.24) is 0 Å². The van der Waals surface area contributed by atoms with Crippen LogP contribution >= 0.6 is 46.4 Å². The largest absolute Gasteiger partial charge is 0.417 e. The molecule has 0 aliphatic rings. The molecule has 8 nitrogen and oxygen atoms in total. The summed E-state index contributed by atoms with van der Waals surface area (Å²) in [7, 11) is -8.33. The van der Waals surface area contributed by atoms with Gasteiger partial charge < -0.3 is 5.32 Å². The van der Waals surface area contributed by atoms with Crippen LogP contribution in [0.5, 0.6) is 0 Å². The standard InChI is InChI=1S/C22H16Cl4F3N3O5S2/c1-38(34,35)32(20-10-18(25)17(24)9-19(20)26)11-21(33)30-12-2-5-14(6-3-12)39(36,37)31-13-4-7-16(23)15(8-13)22(27,28)29/h2-10,31H,11H2,1H3,(H,30,33). The molecule has 3 rings (SSSR count). The van der Waals surface area contributed by atoms with Gasteiger partial charge in [0, 0.05) is 11.4 Å². The zero-order valence-corrected chi connectivity index (χ0v) is 24.0. The molecule has 2 N–H and O–H groups in total. The van der Waals surface area contributed by atoms with Crippen LogP contribution in [0.1, 0.15) is 5.56 Å². The summed E-state index contributed by atoms with van der Waals surface area (Å²) in [5.74, 6) is -0.808. The van der Waals surface area contributed by atoms with Gasteiger partial charge in [0.15, 0.2) is 0 Å². The third kappa shape index (κ3) is 7.83. The molecule has 3 aromatic rings. The van der Waals surface area contributed by atoms with Crippen molar-refractivity contribution in [3.63, 3.8) is 0 Å². The Balaban J connectivity index is 1.77. The smallest absolute Gasteiger partial charge is 0.325 e. The van der Waals surface area contributed by atoms with Gasteiger partial charge in [-0.25, -0.2) is 16.8 Å². The highest BCUT2D eigenvalue weighted by molar-refractivity contribution is 7.92. The maximum atomic E-state index is 13.1. The Morgan fingerprint density at radius 3 is 1.95 bits per heavy atom. The molecule has 0 atom stereocenters. The van der Waals surface area contributed by atoms with E-state index in [0.717, 1.165) is 30.5 Å². The Morgan fingerprint density at radius 2 is 1.38 bits per heavy atom. The van der Waals surface area contributed by atoms with Crippen LogP contribution in [0.25, 0.3) is 0 Å². The van der Waals surface area contributed by atoms with Gasteiger partial charge in [-0.1, -0.05) is 46.4 Å². The minimum absolute atomic E-state index is 0.00348. The van der Waals surface area contributed by atoms with Crippen LogP contribution in [0.4, 0.5) is 30.2 Å². The molecule has 0 radical (unpaired) electrons. The summed E-state index contributed by atoms with van der Waals surface area (Å²) in [5.41, 5.74) is -1.58. The van der Waals surface area contributed by atoms with E-state index >= 15 is 0 Å². The van der Waals surface area contributed by atoms with Crippen molar-refractivity contribution >= 4 is 89.4 Å². The molecule has 0 bridgehead atoms. The van der Waals surface area contributed by atoms with E-state index in [2.05, 4.69) is 5.32 Å². The number of nitrogens with zero attached hydrogens (tertiary/aromatic N) is 1. The average molecular weight is 665 g/mol. The summed E-state index contributed by atoms with van der Waals surface area (Å²) in [5, 5.41) is 1.82. The normalized spacial score (nSPS) is 12.2. The van der Waals surface area contributed by atoms with E-state index in [1.807, 2.05) is 4.72 Å². The van der Waals surface area contributed by atoms with Crippen LogP contribution in [0.2, 0.25) is 20.1 Å². The second-order valence-corrected chi connectivity index (χ2v) is 13.1. The molecule has 0 heterocycles. The SMILES string of the molecule is CS(=O)(=O)N(CC(=O)Nc1ccc(S(=O)(=O)Nc2ccc(Cl)c(C(F)(F)F)c2)cc1)c1cc(Cl)c(Cl)cc1Cl. The van der Waals surface area contributed by atoms with Gasteiger partial charge in [0.05, 0.1) is 42.5 Å². The summed E-state index contributed by atoms with van der Waals surface area (Å²) in [6.07, 6.45) is -3.94. The highest BCUT2D eigenvalue weighted by Gasteiger charge is 2.33. The number of anilines is 3. The summed E-state index contributed by atoms with van der Waals surface area (Å²) >= 11 is 23.5. The monoisotopic (exact) mass is 663 g/mol. The molecule has 0 spiro atoms. The topological polar surface area (TPSA) is 113 Å². The van der Waals surface area contributed by atoms with Gasteiger partial charge in [-0.3, -0.25) is 13.8 Å². The van der Waals surface area contributed by atoms with E-state index in [4.69, 9.17) is 46.4 Å². The van der Waals surface area contributed by atoms with E-state index in [0.29, 0.717) is 10.4 Å². The van der Waals surface area contributed by atoms with Gasteiger partial charge in [0.25, 0.3) is 10.0 Å². The first kappa shape index (κ1) is 31.1. The maximum absolute atomic E-state index is 13.1. The number of nitrogens with one attached hydrogen (secondary N) is 2. The number of carbonyl (C=O) groups is 1. The van der Waals surface area contributed by atoms with E-state index in [-0.39, 0.29) is 37.0 Å². The van der Waals surface area contributed by atoms with Crippen LogP contribution in [-0.2, 0) is 31.0 Å². The van der Waals surface area contributed by atoms with Crippen molar-refractivity contribution in [2.45, 2.75) is 11.1 Å². The number of sulfonamides is 2. The molecule has 0 saturated heterocycles. The van der Waals surface area contributed by atoms with Gasteiger partial charge in [0.2, 0.25) is 15.9 Å². The summed E-state index contributed by atoms with van der Waals surface area (Å²) in [6.45, 7) is -0.712. The third-order valence-corrected chi connectivity index (χ3v) is 8.80. The molecule has 0 saturated carbocycles. The molecule has 39 heavy (non-hydrogen) atoms. The highest BCUT2D eigenvalue weighted by atomic mass is 35.5. The molecule has 0 aliphatic carbocycles. The number of amides is 1. The fourth-order valence-electron chi connectivity index (χ4n) is 3.15. The number of alkyl halides is 3. The molecule has 17 heteroatoms. The van der Waals surface area contributed by atoms with Crippen molar-refractivity contribution in [3.8, 4) is 0 Å². The number of halogens is 7. The molecule has 0 aliphatic heterocycles. The first-order chi connectivity index (χ1) is 17.9. The van der Waals surface area contributed by atoms with Gasteiger partial charge in [-0.2, -0.15) is 13.2 Å². The second-order valence-electron chi connectivity index (χ2n) is 7.86. The molecular weight excluding hydrogens is 649 g/mol. The second kappa shape index (κ2) is 11.6. The summed E-state index contributed by atoms with van der Waals surface area (Å²) in [6, 6.07) is 9.51. The minimum atomic E-state index is -4.80. The first-order valence-corrected chi connectivity index (χ1v) is 15.1. The van der Waals surface area contributed by atoms with Crippen LogP contribution in [0, 0.1) is 0 Å². The van der Waals surface area contributed by atoms with E-state index in [1.54, 1.807) is 0 Å². The lowest BCUT2D eigenvalue weighted by molar-refractivity contribution is -0.137. The van der Waals surface area contributed by atoms with Crippen molar-refractivity contribution in [2.24, 2.45) is 0 Å². The zero-order chi connectivity index (χ0) is 29.3. The van der Waals surface area contributed by atoms with Gasteiger partial charge in [-0.15, -0.1) is 0 Å². The van der Waals surface area contributed by atoms with E-state index < -0.39 is 49.3 Å². The number of rotatable bonds is 8. The Kier molecular flexibility index (Phi) is 9.25. The Morgan fingerprint density at radius 1 is 0.821 bits per heavy atom. The van der Waals surface area contributed by atoms with Crippen molar-refractivity contribution in [2.75, 3.05) is 27.1 Å². The van der Waals surface area contributed by atoms with Crippen LogP contribution in [-0.4, -0.2) is 35.5 Å². The fraction of sp³-hybridized carbons (Fsp3) is 0.136. The number of carbonyl (C=O) groups excluding carboxylic acids is 1. The lowest BCUT2D eigenvalue weighted by atomic mass is 10.2. The Hall–Kier alpha value is -2.42. The van der Waals surface area contributed by atoms with Gasteiger partial charge >= 0.3 is 6.18 Å². The van der Waals surface area contributed by atoms with Crippen molar-refractivity contribution < 1.29 is 34.8 Å². The van der Waals surface area contributed by atoms with Crippen LogP contribution in [0.15, 0.2) is 59.5 Å². The molecular formula is C22H16Cl4F3N3O5S2. The quantitative estimate of drug-likeness (QED) is 0.266. The zero-order valence-electron chi connectivity index (χ0n) is 19.4. The van der Waals surface area contributed by atoms with E-state index in [1.165, 1.54) is 24.3 Å². The molecule has 1 amide bonds. The third-order valence-electron chi connectivity index (χ3n) is 4.92. The number of hydrogen-bond acceptors (Lipinski definition) is 5. The molecule has 0 unspecified atom stereocenters. The fourth-order valence-corrected chi connectivity index (χ4v) is 5.98. The Bertz CT molecular complexity index is 1640. The van der Waals surface area contributed by atoms with Gasteiger partial charge in [0.1, 0.15) is 6.54 Å². The van der Waals surface area contributed by atoms with Crippen molar-refractivity contribution in [3.05, 3.63) is 80.3 Å². The maximum Gasteiger partial charge on any atom is 0.417 e. The van der Waals surface area contributed by atoms with Crippen LogP contribution in [0.3, 0.4) is 0 Å². The number of hydrogen-bond donors (Lipinski definition) is 2. The first-order valence-electron chi connectivity index (χ1n) is 10.3. The summed E-state index contributed by atoms with van der Waals surface area (Å²) in [4.78, 5) is 12.3. The molecule has 0 fully saturated rings. The molecule has 210 valence electrons. The molecule has 0 aromatic heterocycles. The predicted molar refractivity (Wildman–Crippen MR) is 146 cm³/mol.